The molecule has 1 heterocycles. The van der Waals surface area contributed by atoms with E-state index in [4.69, 9.17) is 14.2 Å². The number of rotatable bonds is 7. The predicted octanol–water partition coefficient (Wildman–Crippen LogP) is 3.36. The molecule has 2 atom stereocenters. The lowest BCUT2D eigenvalue weighted by Gasteiger charge is -2.47. The van der Waals surface area contributed by atoms with Crippen molar-refractivity contribution in [3.63, 3.8) is 0 Å². The average molecular weight is 413 g/mol. The molecule has 0 unspecified atom stereocenters. The lowest BCUT2D eigenvalue weighted by molar-refractivity contribution is -0.157. The summed E-state index contributed by atoms with van der Waals surface area (Å²) < 4.78 is 16.0. The Kier molecular flexibility index (Phi) is 6.31. The number of carbonyl (C=O) groups is 2. The first kappa shape index (κ1) is 21.6. The summed E-state index contributed by atoms with van der Waals surface area (Å²) in [4.78, 5) is 26.3. The molecule has 0 saturated carbocycles. The van der Waals surface area contributed by atoms with E-state index in [1.54, 1.807) is 38.0 Å². The maximum atomic E-state index is 13.0. The molecule has 2 aromatic carbocycles. The standard InChI is InChI=1S/C23H27NO6/c1-6-29-20(26)12-30-22-21(16-8-7-13(2)18(25)10-16)24(23(22)27)17-9-14(3)15(4)19(11-17)28-5/h7-11,21-22,25H,6,12H2,1-5H3/t21-,22+/m0/s1. The number of hydrogen-bond acceptors (Lipinski definition) is 6. The van der Waals surface area contributed by atoms with Crippen LogP contribution in [0.3, 0.4) is 0 Å². The third kappa shape index (κ3) is 3.98. The molecule has 0 radical (unpaired) electrons. The fourth-order valence-electron chi connectivity index (χ4n) is 3.57. The molecule has 7 heteroatoms. The number of β-lactam (4-membered cyclic amide) rings is 1. The van der Waals surface area contributed by atoms with Gasteiger partial charge in [0.1, 0.15) is 18.1 Å². The van der Waals surface area contributed by atoms with E-state index in [0.29, 0.717) is 17.0 Å². The molecule has 1 saturated heterocycles. The third-order valence-corrected chi connectivity index (χ3v) is 5.41. The van der Waals surface area contributed by atoms with Crippen molar-refractivity contribution < 1.29 is 28.9 Å². The second-order valence-electron chi connectivity index (χ2n) is 7.33. The molecule has 30 heavy (non-hydrogen) atoms. The molecule has 0 aliphatic carbocycles. The van der Waals surface area contributed by atoms with Crippen LogP contribution in [0, 0.1) is 20.8 Å². The van der Waals surface area contributed by atoms with Crippen LogP contribution >= 0.6 is 0 Å². The van der Waals surface area contributed by atoms with Crippen LogP contribution in [0.5, 0.6) is 11.5 Å². The van der Waals surface area contributed by atoms with E-state index in [9.17, 15) is 14.7 Å². The number of phenols is 1. The van der Waals surface area contributed by atoms with E-state index in [1.165, 1.54) is 0 Å². The number of esters is 1. The van der Waals surface area contributed by atoms with Gasteiger partial charge in [-0.2, -0.15) is 0 Å². The number of amides is 1. The van der Waals surface area contributed by atoms with Gasteiger partial charge in [-0.15, -0.1) is 0 Å². The molecule has 1 fully saturated rings. The fourth-order valence-corrected chi connectivity index (χ4v) is 3.57. The molecule has 1 aliphatic rings. The zero-order valence-electron chi connectivity index (χ0n) is 17.9. The van der Waals surface area contributed by atoms with Crippen LogP contribution in [0.4, 0.5) is 5.69 Å². The number of hydrogen-bond donors (Lipinski definition) is 1. The SMILES string of the molecule is CCOC(=O)CO[C@H]1C(=O)N(c2cc(C)c(C)c(OC)c2)[C@H]1c1ccc(C)c(O)c1. The highest BCUT2D eigenvalue weighted by atomic mass is 16.6. The van der Waals surface area contributed by atoms with Gasteiger partial charge in [-0.05, 0) is 62.1 Å². The molecule has 160 valence electrons. The Bertz CT molecular complexity index is 970. The van der Waals surface area contributed by atoms with Crippen LogP contribution < -0.4 is 9.64 Å². The van der Waals surface area contributed by atoms with Crippen LogP contribution in [0.2, 0.25) is 0 Å². The summed E-state index contributed by atoms with van der Waals surface area (Å²) in [5, 5.41) is 10.2. The molecule has 0 bridgehead atoms. The molecule has 1 N–H and O–H groups in total. The van der Waals surface area contributed by atoms with Crippen LogP contribution in [0.25, 0.3) is 0 Å². The zero-order valence-corrected chi connectivity index (χ0v) is 17.9. The minimum atomic E-state index is -0.857. The maximum absolute atomic E-state index is 13.0. The first-order valence-corrected chi connectivity index (χ1v) is 9.83. The molecule has 3 rings (SSSR count). The van der Waals surface area contributed by atoms with Crippen LogP contribution in [0.15, 0.2) is 30.3 Å². The summed E-state index contributed by atoms with van der Waals surface area (Å²) in [6.07, 6.45) is -0.857. The van der Waals surface area contributed by atoms with Crippen molar-refractivity contribution in [1.82, 2.24) is 0 Å². The van der Waals surface area contributed by atoms with Crippen molar-refractivity contribution in [3.8, 4) is 11.5 Å². The molecular formula is C23H27NO6. The van der Waals surface area contributed by atoms with Crippen LogP contribution in [-0.2, 0) is 19.1 Å². The Morgan fingerprint density at radius 2 is 1.87 bits per heavy atom. The number of aromatic hydroxyl groups is 1. The van der Waals surface area contributed by atoms with Gasteiger partial charge >= 0.3 is 5.97 Å². The lowest BCUT2D eigenvalue weighted by Crippen LogP contribution is -2.60. The van der Waals surface area contributed by atoms with Crippen molar-refractivity contribution in [3.05, 3.63) is 52.6 Å². The largest absolute Gasteiger partial charge is 0.508 e. The monoisotopic (exact) mass is 413 g/mol. The Balaban J connectivity index is 1.97. The van der Waals surface area contributed by atoms with Crippen molar-refractivity contribution in [2.45, 2.75) is 39.8 Å². The average Bonchev–Trinajstić information content (AvgIpc) is 2.71. The quantitative estimate of drug-likeness (QED) is 0.553. The molecule has 1 amide bonds. The molecule has 2 aromatic rings. The van der Waals surface area contributed by atoms with E-state index in [1.807, 2.05) is 32.0 Å². The highest BCUT2D eigenvalue weighted by Crippen LogP contribution is 2.43. The van der Waals surface area contributed by atoms with Crippen molar-refractivity contribution in [2.75, 3.05) is 25.2 Å². The van der Waals surface area contributed by atoms with Gasteiger partial charge in [0.15, 0.2) is 6.10 Å². The van der Waals surface area contributed by atoms with E-state index in [0.717, 1.165) is 16.7 Å². The van der Waals surface area contributed by atoms with Gasteiger partial charge in [0.2, 0.25) is 0 Å². The van der Waals surface area contributed by atoms with Crippen LogP contribution in [0.1, 0.15) is 35.2 Å². The number of nitrogens with zero attached hydrogens (tertiary/aromatic N) is 1. The summed E-state index contributed by atoms with van der Waals surface area (Å²) >= 11 is 0. The Labute approximate surface area is 176 Å². The van der Waals surface area contributed by atoms with E-state index >= 15 is 0 Å². The summed E-state index contributed by atoms with van der Waals surface area (Å²) in [7, 11) is 1.59. The number of benzene rings is 2. The lowest BCUT2D eigenvalue weighted by atomic mass is 9.88. The number of phenolic OH excluding ortho intramolecular Hbond substituents is 1. The fraction of sp³-hybridized carbons (Fsp3) is 0.391. The molecule has 0 spiro atoms. The summed E-state index contributed by atoms with van der Waals surface area (Å²) in [5.74, 6) is 0.0181. The molecular weight excluding hydrogens is 386 g/mol. The number of methoxy groups -OCH3 is 1. The number of aryl methyl sites for hydroxylation is 2. The van der Waals surface area contributed by atoms with Gasteiger partial charge in [-0.1, -0.05) is 12.1 Å². The van der Waals surface area contributed by atoms with Gasteiger partial charge in [-0.3, -0.25) is 9.69 Å². The van der Waals surface area contributed by atoms with Gasteiger partial charge in [0.05, 0.1) is 19.8 Å². The van der Waals surface area contributed by atoms with Crippen molar-refractivity contribution in [2.24, 2.45) is 0 Å². The Morgan fingerprint density at radius 1 is 1.13 bits per heavy atom. The van der Waals surface area contributed by atoms with Gasteiger partial charge in [-0.25, -0.2) is 4.79 Å². The third-order valence-electron chi connectivity index (χ3n) is 5.41. The first-order valence-electron chi connectivity index (χ1n) is 9.83. The summed E-state index contributed by atoms with van der Waals surface area (Å²) in [6, 6.07) is 8.48. The number of carbonyl (C=O) groups excluding carboxylic acids is 2. The smallest absolute Gasteiger partial charge is 0.332 e. The summed E-state index contributed by atoms with van der Waals surface area (Å²) in [5.41, 5.74) is 4.09. The maximum Gasteiger partial charge on any atom is 0.332 e. The van der Waals surface area contributed by atoms with Crippen molar-refractivity contribution >= 4 is 17.6 Å². The van der Waals surface area contributed by atoms with Gasteiger partial charge in [0, 0.05) is 11.8 Å². The second-order valence-corrected chi connectivity index (χ2v) is 7.33. The van der Waals surface area contributed by atoms with Crippen LogP contribution in [-0.4, -0.2) is 43.4 Å². The van der Waals surface area contributed by atoms with E-state index < -0.39 is 18.1 Å². The first-order chi connectivity index (χ1) is 14.3. The summed E-state index contributed by atoms with van der Waals surface area (Å²) in [6.45, 7) is 7.34. The predicted molar refractivity (Wildman–Crippen MR) is 112 cm³/mol. The number of ether oxygens (including phenoxy) is 3. The van der Waals surface area contributed by atoms with Crippen molar-refractivity contribution in [1.29, 1.82) is 0 Å². The highest BCUT2D eigenvalue weighted by molar-refractivity contribution is 6.05. The molecule has 1 aliphatic heterocycles. The minimum absolute atomic E-state index is 0.133. The normalized spacial score (nSPS) is 18.2. The topological polar surface area (TPSA) is 85.3 Å². The van der Waals surface area contributed by atoms with E-state index in [-0.39, 0.29) is 24.9 Å². The van der Waals surface area contributed by atoms with E-state index in [2.05, 4.69) is 0 Å². The molecule has 0 aromatic heterocycles. The second kappa shape index (κ2) is 8.75. The Morgan fingerprint density at radius 3 is 2.50 bits per heavy atom. The Hall–Kier alpha value is -3.06. The highest BCUT2D eigenvalue weighted by Gasteiger charge is 2.50. The minimum Gasteiger partial charge on any atom is -0.508 e. The zero-order chi connectivity index (χ0) is 22.0. The van der Waals surface area contributed by atoms with Gasteiger partial charge in [0.25, 0.3) is 5.91 Å². The molecule has 7 nitrogen and oxygen atoms in total. The van der Waals surface area contributed by atoms with Gasteiger partial charge < -0.3 is 19.3 Å². The number of anilines is 1.